The van der Waals surface area contributed by atoms with Crippen LogP contribution in [-0.2, 0) is 5.79 Å². The summed E-state index contributed by atoms with van der Waals surface area (Å²) in [5.41, 5.74) is 0.437. The van der Waals surface area contributed by atoms with Crippen molar-refractivity contribution >= 4 is 0 Å². The largest absolute Gasteiger partial charge is 0.479 e. The third-order valence-electron chi connectivity index (χ3n) is 3.00. The van der Waals surface area contributed by atoms with E-state index in [4.69, 9.17) is 9.47 Å². The third kappa shape index (κ3) is 1.62. The van der Waals surface area contributed by atoms with Gasteiger partial charge >= 0.3 is 0 Å². The van der Waals surface area contributed by atoms with Crippen molar-refractivity contribution in [2.75, 3.05) is 0 Å². The minimum absolute atomic E-state index is 0.437. The van der Waals surface area contributed by atoms with Crippen LogP contribution in [0, 0.1) is 0 Å². The van der Waals surface area contributed by atoms with E-state index in [1.165, 1.54) is 0 Å². The lowest BCUT2D eigenvalue weighted by molar-refractivity contribution is -0.219. The van der Waals surface area contributed by atoms with Crippen molar-refractivity contribution in [3.63, 3.8) is 0 Å². The van der Waals surface area contributed by atoms with Crippen LogP contribution < -0.4 is 9.47 Å². The van der Waals surface area contributed by atoms with Gasteiger partial charge in [0.25, 0.3) is 5.79 Å². The molecule has 0 fully saturated rings. The Bertz CT molecular complexity index is 558. The number of fused-ring (bicyclic) bond motifs is 1. The lowest BCUT2D eigenvalue weighted by Gasteiger charge is -2.38. The molecule has 1 aromatic carbocycles. The predicted molar refractivity (Wildman–Crippen MR) is 65.3 cm³/mol. The van der Waals surface area contributed by atoms with Gasteiger partial charge < -0.3 is 14.6 Å². The highest BCUT2D eigenvalue weighted by Crippen LogP contribution is 2.40. The third-order valence-corrected chi connectivity index (χ3v) is 3.00. The van der Waals surface area contributed by atoms with Gasteiger partial charge in [-0.25, -0.2) is 0 Å². The molecule has 4 nitrogen and oxygen atoms in total. The molecule has 92 valence electrons. The van der Waals surface area contributed by atoms with Gasteiger partial charge in [-0.15, -0.1) is 0 Å². The summed E-state index contributed by atoms with van der Waals surface area (Å²) in [6.07, 6.45) is 1.08. The molecule has 2 atom stereocenters. The van der Waals surface area contributed by atoms with Crippen LogP contribution in [0.5, 0.6) is 11.5 Å². The molecule has 0 radical (unpaired) electrons. The minimum atomic E-state index is -1.56. The number of para-hydroxylation sites is 2. The van der Waals surface area contributed by atoms with Gasteiger partial charge in [0.2, 0.25) is 0 Å². The Kier molecular flexibility index (Phi) is 2.45. The van der Waals surface area contributed by atoms with Crippen molar-refractivity contribution in [3.05, 3.63) is 54.4 Å². The summed E-state index contributed by atoms with van der Waals surface area (Å²) in [6.45, 7) is 1.75. The number of hydrogen-bond acceptors (Lipinski definition) is 4. The zero-order valence-corrected chi connectivity index (χ0v) is 9.91. The van der Waals surface area contributed by atoms with Crippen LogP contribution in [0.25, 0.3) is 0 Å². The Morgan fingerprint density at radius 3 is 2.56 bits per heavy atom. The number of aromatic nitrogens is 1. The van der Waals surface area contributed by atoms with E-state index in [-0.39, 0.29) is 0 Å². The first-order valence-electron chi connectivity index (χ1n) is 5.79. The fraction of sp³-hybridized carbons (Fsp3) is 0.214. The molecule has 0 saturated carbocycles. The standard InChI is InChI=1S/C14H13NO3/c1-10-14(16,13-8-4-5-9-15-13)18-12-7-3-2-6-11(12)17-10/h2-10,16H,1H3/t10-,14-/m0/s1. The Balaban J connectivity index is 2.05. The highest BCUT2D eigenvalue weighted by Gasteiger charge is 2.45. The highest BCUT2D eigenvalue weighted by atomic mass is 16.7. The first kappa shape index (κ1) is 11.0. The molecule has 0 amide bonds. The maximum atomic E-state index is 10.6. The van der Waals surface area contributed by atoms with Gasteiger partial charge in [-0.1, -0.05) is 18.2 Å². The number of benzene rings is 1. The Morgan fingerprint density at radius 2 is 1.83 bits per heavy atom. The van der Waals surface area contributed by atoms with E-state index < -0.39 is 11.9 Å². The van der Waals surface area contributed by atoms with Crippen molar-refractivity contribution in [2.24, 2.45) is 0 Å². The average Bonchev–Trinajstić information content (AvgIpc) is 2.41. The van der Waals surface area contributed by atoms with E-state index in [1.807, 2.05) is 18.2 Å². The number of pyridine rings is 1. The summed E-state index contributed by atoms with van der Waals surface area (Å²) in [5.74, 6) is -0.412. The monoisotopic (exact) mass is 243 g/mol. The van der Waals surface area contributed by atoms with Crippen molar-refractivity contribution in [2.45, 2.75) is 18.8 Å². The molecule has 0 bridgehead atoms. The van der Waals surface area contributed by atoms with Crippen molar-refractivity contribution in [1.29, 1.82) is 0 Å². The molecule has 18 heavy (non-hydrogen) atoms. The van der Waals surface area contributed by atoms with Gasteiger partial charge in [-0.3, -0.25) is 4.98 Å². The highest BCUT2D eigenvalue weighted by molar-refractivity contribution is 5.42. The topological polar surface area (TPSA) is 51.6 Å². The molecule has 3 rings (SSSR count). The van der Waals surface area contributed by atoms with E-state index in [0.29, 0.717) is 17.2 Å². The van der Waals surface area contributed by atoms with Crippen LogP contribution >= 0.6 is 0 Å². The molecule has 0 unspecified atom stereocenters. The van der Waals surface area contributed by atoms with E-state index in [2.05, 4.69) is 4.98 Å². The zero-order valence-electron chi connectivity index (χ0n) is 9.91. The quantitative estimate of drug-likeness (QED) is 0.833. The second-order valence-electron chi connectivity index (χ2n) is 4.22. The maximum absolute atomic E-state index is 10.6. The van der Waals surface area contributed by atoms with Crippen LogP contribution in [0.4, 0.5) is 0 Å². The number of aliphatic hydroxyl groups is 1. The maximum Gasteiger partial charge on any atom is 0.289 e. The second-order valence-corrected chi connectivity index (χ2v) is 4.22. The smallest absolute Gasteiger partial charge is 0.289 e. The van der Waals surface area contributed by atoms with Crippen molar-refractivity contribution < 1.29 is 14.6 Å². The molecular formula is C14H13NO3. The SMILES string of the molecule is C[C@@H]1Oc2ccccc2O[C@]1(O)c1ccccn1. The summed E-state index contributed by atoms with van der Waals surface area (Å²) < 4.78 is 11.4. The van der Waals surface area contributed by atoms with Crippen molar-refractivity contribution in [3.8, 4) is 11.5 Å². The lowest BCUT2D eigenvalue weighted by Crippen LogP contribution is -2.49. The second kappa shape index (κ2) is 3.99. The molecule has 2 heterocycles. The van der Waals surface area contributed by atoms with Gasteiger partial charge in [0, 0.05) is 6.20 Å². The van der Waals surface area contributed by atoms with E-state index >= 15 is 0 Å². The van der Waals surface area contributed by atoms with Gasteiger partial charge in [-0.05, 0) is 31.2 Å². The minimum Gasteiger partial charge on any atom is -0.479 e. The van der Waals surface area contributed by atoms with E-state index in [1.54, 1.807) is 37.4 Å². The van der Waals surface area contributed by atoms with Crippen LogP contribution in [0.1, 0.15) is 12.6 Å². The fourth-order valence-electron chi connectivity index (χ4n) is 1.99. The molecule has 1 N–H and O–H groups in total. The molecule has 0 spiro atoms. The molecule has 0 aliphatic carbocycles. The summed E-state index contributed by atoms with van der Waals surface area (Å²) >= 11 is 0. The van der Waals surface area contributed by atoms with Crippen LogP contribution in [-0.4, -0.2) is 16.2 Å². The number of rotatable bonds is 1. The molecule has 4 heteroatoms. The molecule has 1 aliphatic rings. The van der Waals surface area contributed by atoms with Crippen LogP contribution in [0.3, 0.4) is 0 Å². The number of nitrogens with zero attached hydrogens (tertiary/aromatic N) is 1. The number of hydrogen-bond donors (Lipinski definition) is 1. The number of ether oxygens (including phenoxy) is 2. The van der Waals surface area contributed by atoms with Gasteiger partial charge in [0.1, 0.15) is 5.69 Å². The average molecular weight is 243 g/mol. The normalized spacial score (nSPS) is 25.8. The van der Waals surface area contributed by atoms with Gasteiger partial charge in [-0.2, -0.15) is 0 Å². The van der Waals surface area contributed by atoms with Gasteiger partial charge in [0.15, 0.2) is 17.6 Å². The van der Waals surface area contributed by atoms with Crippen LogP contribution in [0.2, 0.25) is 0 Å². The Labute approximate surface area is 105 Å². The predicted octanol–water partition coefficient (Wildman–Crippen LogP) is 2.09. The van der Waals surface area contributed by atoms with Crippen LogP contribution in [0.15, 0.2) is 48.7 Å². The zero-order chi connectivity index (χ0) is 12.6. The van der Waals surface area contributed by atoms with E-state index in [9.17, 15) is 5.11 Å². The van der Waals surface area contributed by atoms with Crippen molar-refractivity contribution in [1.82, 2.24) is 4.98 Å². The summed E-state index contributed by atoms with van der Waals surface area (Å²) in [4.78, 5) is 4.14. The first-order chi connectivity index (χ1) is 8.70. The molecule has 0 saturated heterocycles. The first-order valence-corrected chi connectivity index (χ1v) is 5.79. The summed E-state index contributed by atoms with van der Waals surface area (Å²) in [6, 6.07) is 12.6. The Hall–Kier alpha value is -2.07. The molecule has 1 aliphatic heterocycles. The fourth-order valence-corrected chi connectivity index (χ4v) is 1.99. The van der Waals surface area contributed by atoms with Gasteiger partial charge in [0.05, 0.1) is 0 Å². The molecular weight excluding hydrogens is 230 g/mol. The molecule has 1 aromatic heterocycles. The lowest BCUT2D eigenvalue weighted by atomic mass is 10.0. The Morgan fingerprint density at radius 1 is 1.11 bits per heavy atom. The summed E-state index contributed by atoms with van der Waals surface area (Å²) in [5, 5.41) is 10.6. The molecule has 2 aromatic rings. The summed E-state index contributed by atoms with van der Waals surface area (Å²) in [7, 11) is 0. The van der Waals surface area contributed by atoms with E-state index in [0.717, 1.165) is 0 Å².